The summed E-state index contributed by atoms with van der Waals surface area (Å²) in [6.07, 6.45) is 1.08. The maximum Gasteiger partial charge on any atom is 0.328 e. The third-order valence-corrected chi connectivity index (χ3v) is 10.8. The molecule has 1 aliphatic rings. The van der Waals surface area contributed by atoms with Gasteiger partial charge >= 0.3 is 5.97 Å². The molecule has 0 aromatic heterocycles. The number of nitrogens with zero attached hydrogens (tertiary/aromatic N) is 2. The number of nitrogens with one attached hydrogen (secondary N) is 3. The number of likely N-dealkylation sites (N-methyl/N-ethyl adjacent to an activating group) is 2. The first-order chi connectivity index (χ1) is 25.1. The predicted octanol–water partition coefficient (Wildman–Crippen LogP) is 3.19. The average molecular weight is 746 g/mol. The molecule has 3 N–H and O–H groups in total. The number of carbonyl (C=O) groups excluding carboxylic acids is 5. The van der Waals surface area contributed by atoms with Crippen LogP contribution in [0.3, 0.4) is 0 Å². The number of rotatable bonds is 21. The summed E-state index contributed by atoms with van der Waals surface area (Å²) in [4.78, 5) is 71.2. The number of hydrogen-bond acceptors (Lipinski definition) is 9. The van der Waals surface area contributed by atoms with E-state index in [1.54, 1.807) is 37.9 Å². The number of esters is 1. The van der Waals surface area contributed by atoms with Crippen LogP contribution in [0.2, 0.25) is 0 Å². The van der Waals surface area contributed by atoms with E-state index in [2.05, 4.69) is 16.0 Å². The van der Waals surface area contributed by atoms with Gasteiger partial charge in [-0.15, -0.1) is 0 Å². The fraction of sp³-hybridized carbons (Fsp3) is 0.725. The molecule has 2 rings (SSSR count). The predicted molar refractivity (Wildman–Crippen MR) is 205 cm³/mol. The molecular weight excluding hydrogens is 678 g/mol. The van der Waals surface area contributed by atoms with Gasteiger partial charge in [0.25, 0.3) is 0 Å². The van der Waals surface area contributed by atoms with Gasteiger partial charge in [-0.25, -0.2) is 4.79 Å². The number of hydrogen-bond donors (Lipinski definition) is 3. The van der Waals surface area contributed by atoms with Crippen molar-refractivity contribution in [3.8, 4) is 0 Å². The third kappa shape index (κ3) is 12.2. The van der Waals surface area contributed by atoms with Gasteiger partial charge in [-0.3, -0.25) is 19.2 Å². The zero-order valence-electron chi connectivity index (χ0n) is 34.1. The van der Waals surface area contributed by atoms with Gasteiger partial charge in [0.1, 0.15) is 12.1 Å². The Labute approximate surface area is 317 Å². The Morgan fingerprint density at radius 1 is 0.887 bits per heavy atom. The van der Waals surface area contributed by atoms with Gasteiger partial charge in [0, 0.05) is 34.2 Å². The van der Waals surface area contributed by atoms with Crippen LogP contribution in [0.25, 0.3) is 0 Å². The van der Waals surface area contributed by atoms with Crippen LogP contribution in [0.1, 0.15) is 79.7 Å². The summed E-state index contributed by atoms with van der Waals surface area (Å²) in [6.45, 7) is 14.0. The zero-order valence-corrected chi connectivity index (χ0v) is 34.1. The van der Waals surface area contributed by atoms with Gasteiger partial charge in [-0.1, -0.05) is 85.2 Å². The summed E-state index contributed by atoms with van der Waals surface area (Å²) in [5.74, 6) is -2.47. The van der Waals surface area contributed by atoms with Gasteiger partial charge < -0.3 is 40.0 Å². The van der Waals surface area contributed by atoms with E-state index in [1.165, 1.54) is 14.2 Å². The molecule has 53 heavy (non-hydrogen) atoms. The lowest BCUT2D eigenvalue weighted by Crippen LogP contribution is -2.59. The fourth-order valence-electron chi connectivity index (χ4n) is 7.54. The van der Waals surface area contributed by atoms with Gasteiger partial charge in [-0.05, 0) is 43.2 Å². The molecule has 1 saturated heterocycles. The minimum absolute atomic E-state index is 0.00596. The maximum atomic E-state index is 14.2. The molecule has 1 heterocycles. The van der Waals surface area contributed by atoms with Crippen LogP contribution in [-0.2, 0) is 44.6 Å². The van der Waals surface area contributed by atoms with E-state index in [4.69, 9.17) is 14.2 Å². The summed E-state index contributed by atoms with van der Waals surface area (Å²) in [6, 6.07) is 6.41. The van der Waals surface area contributed by atoms with Crippen LogP contribution in [0.15, 0.2) is 30.3 Å². The Morgan fingerprint density at radius 3 is 2.02 bits per heavy atom. The lowest BCUT2D eigenvalue weighted by molar-refractivity contribution is -0.148. The normalized spacial score (nSPS) is 19.1. The molecule has 1 aromatic carbocycles. The van der Waals surface area contributed by atoms with Crippen molar-refractivity contribution in [3.05, 3.63) is 35.9 Å². The maximum absolute atomic E-state index is 14.2. The van der Waals surface area contributed by atoms with Crippen molar-refractivity contribution in [3.63, 3.8) is 0 Å². The number of benzene rings is 1. The van der Waals surface area contributed by atoms with Crippen LogP contribution in [-0.4, -0.2) is 124 Å². The molecule has 9 atom stereocenters. The number of ether oxygens (including phenoxy) is 3. The molecule has 4 amide bonds. The highest BCUT2D eigenvalue weighted by Gasteiger charge is 2.43. The average Bonchev–Trinajstić information content (AvgIpc) is 3.62. The second-order valence-corrected chi connectivity index (χ2v) is 15.1. The second-order valence-electron chi connectivity index (χ2n) is 15.1. The van der Waals surface area contributed by atoms with E-state index >= 15 is 0 Å². The summed E-state index contributed by atoms with van der Waals surface area (Å²) in [5.41, 5.74) is 0.875. The van der Waals surface area contributed by atoms with Crippen LogP contribution in [0.4, 0.5) is 0 Å². The SMILES string of the molecule is CCC(C)C([C@@H](CC(=O)N1CCC[C@H]1[C@H](OC)[C@@H](C)C(=O)N[C@@H](Cc1ccccc1)C(=O)OC)OC)N(C)C(=O)C(NC(=O)C(NC)C(C)C)C(C)C. The first-order valence-corrected chi connectivity index (χ1v) is 19.1. The quantitative estimate of drug-likeness (QED) is 0.161. The Hall–Kier alpha value is -3.55. The number of amides is 4. The summed E-state index contributed by atoms with van der Waals surface area (Å²) >= 11 is 0. The highest BCUT2D eigenvalue weighted by atomic mass is 16.5. The van der Waals surface area contributed by atoms with E-state index in [1.807, 2.05) is 71.9 Å². The van der Waals surface area contributed by atoms with Crippen molar-refractivity contribution in [2.75, 3.05) is 42.0 Å². The zero-order chi connectivity index (χ0) is 40.0. The first-order valence-electron chi connectivity index (χ1n) is 19.1. The molecule has 0 saturated carbocycles. The van der Waals surface area contributed by atoms with Crippen LogP contribution in [0, 0.1) is 23.7 Å². The van der Waals surface area contributed by atoms with E-state index < -0.39 is 48.3 Å². The molecular formula is C40H67N5O8. The molecule has 1 aliphatic heterocycles. The smallest absolute Gasteiger partial charge is 0.328 e. The lowest BCUT2D eigenvalue weighted by atomic mass is 9.89. The molecule has 0 spiro atoms. The Morgan fingerprint density at radius 2 is 1.51 bits per heavy atom. The molecule has 1 fully saturated rings. The topological polar surface area (TPSA) is 156 Å². The van der Waals surface area contributed by atoms with E-state index in [0.29, 0.717) is 13.0 Å². The van der Waals surface area contributed by atoms with Crippen molar-refractivity contribution in [2.45, 2.75) is 123 Å². The van der Waals surface area contributed by atoms with E-state index in [9.17, 15) is 24.0 Å². The first kappa shape index (κ1) is 45.6. The highest BCUT2D eigenvalue weighted by molar-refractivity contribution is 5.90. The summed E-state index contributed by atoms with van der Waals surface area (Å²) in [7, 11) is 7.81. The largest absolute Gasteiger partial charge is 0.467 e. The number of likely N-dealkylation sites (tertiary alicyclic amines) is 1. The van der Waals surface area contributed by atoms with Crippen LogP contribution in [0.5, 0.6) is 0 Å². The number of methoxy groups -OCH3 is 3. The fourth-order valence-corrected chi connectivity index (χ4v) is 7.54. The van der Waals surface area contributed by atoms with Gasteiger partial charge in [0.2, 0.25) is 23.6 Å². The molecule has 4 unspecified atom stereocenters. The van der Waals surface area contributed by atoms with Crippen molar-refractivity contribution in [1.82, 2.24) is 25.8 Å². The number of carbonyl (C=O) groups is 5. The standard InChI is InChI=1S/C40H67N5O8/c1-13-26(6)35(44(9)39(49)34(25(4)5)43-38(48)33(41-8)24(2)3)31(51-10)23-32(46)45-21-17-20-30(45)36(52-11)27(7)37(47)42-29(40(50)53-12)22-28-18-15-14-16-19-28/h14-16,18-19,24-27,29-31,33-36,41H,13,17,20-23H2,1-12H3,(H,42,47)(H,43,48)/t26?,27-,29+,30+,31-,33?,34?,35?,36-/m1/s1. The summed E-state index contributed by atoms with van der Waals surface area (Å²) < 4.78 is 16.9. The molecule has 0 bridgehead atoms. The lowest BCUT2D eigenvalue weighted by Gasteiger charge is -2.41. The van der Waals surface area contributed by atoms with Crippen LogP contribution >= 0.6 is 0 Å². The van der Waals surface area contributed by atoms with Crippen molar-refractivity contribution < 1.29 is 38.2 Å². The van der Waals surface area contributed by atoms with Gasteiger partial charge in [0.15, 0.2) is 0 Å². The molecule has 13 heteroatoms. The van der Waals surface area contributed by atoms with Crippen molar-refractivity contribution >= 4 is 29.6 Å². The second kappa shape index (κ2) is 22.0. The highest BCUT2D eigenvalue weighted by Crippen LogP contribution is 2.30. The monoisotopic (exact) mass is 745 g/mol. The molecule has 0 aliphatic carbocycles. The minimum Gasteiger partial charge on any atom is -0.467 e. The van der Waals surface area contributed by atoms with Crippen molar-refractivity contribution in [1.29, 1.82) is 0 Å². The molecule has 0 radical (unpaired) electrons. The van der Waals surface area contributed by atoms with Gasteiger partial charge in [-0.2, -0.15) is 0 Å². The van der Waals surface area contributed by atoms with Crippen molar-refractivity contribution in [2.24, 2.45) is 23.7 Å². The Bertz CT molecular complexity index is 1330. The summed E-state index contributed by atoms with van der Waals surface area (Å²) in [5, 5.41) is 8.88. The minimum atomic E-state index is -0.889. The third-order valence-electron chi connectivity index (χ3n) is 10.8. The molecule has 13 nitrogen and oxygen atoms in total. The Balaban J connectivity index is 2.27. The Kier molecular flexibility index (Phi) is 18.9. The molecule has 300 valence electrons. The van der Waals surface area contributed by atoms with Gasteiger partial charge in [0.05, 0.1) is 49.8 Å². The van der Waals surface area contributed by atoms with Crippen LogP contribution < -0.4 is 16.0 Å². The van der Waals surface area contributed by atoms with E-state index in [0.717, 1.165) is 18.4 Å². The molecule has 1 aromatic rings. The van der Waals surface area contributed by atoms with E-state index in [-0.39, 0.29) is 60.3 Å².